The first-order valence-corrected chi connectivity index (χ1v) is 13.1. The number of guanidine groups is 1. The molecule has 1 fully saturated rings. The minimum absolute atomic E-state index is 0.193. The zero-order valence-electron chi connectivity index (χ0n) is 21.5. The molecule has 0 bridgehead atoms. The van der Waals surface area contributed by atoms with Crippen LogP contribution in [0.25, 0.3) is 0 Å². The average Bonchev–Trinajstić information content (AvgIpc) is 2.84. The number of rotatable bonds is 6. The van der Waals surface area contributed by atoms with Gasteiger partial charge in [-0.2, -0.15) is 0 Å². The summed E-state index contributed by atoms with van der Waals surface area (Å²) in [6.45, 7) is 11.1. The molecule has 1 heterocycles. The van der Waals surface area contributed by atoms with Crippen LogP contribution in [0.3, 0.4) is 0 Å². The van der Waals surface area contributed by atoms with Crippen molar-refractivity contribution in [1.82, 2.24) is 15.5 Å². The molecule has 2 amide bonds. The molecule has 6 heteroatoms. The van der Waals surface area contributed by atoms with E-state index in [-0.39, 0.29) is 12.0 Å². The Labute approximate surface area is 210 Å². The number of hydrogen-bond acceptors (Lipinski definition) is 3. The molecule has 1 aliphatic heterocycles. The summed E-state index contributed by atoms with van der Waals surface area (Å²) in [5.74, 6) is 2.13. The molecule has 3 unspecified atom stereocenters. The molecule has 35 heavy (non-hydrogen) atoms. The number of urea groups is 1. The van der Waals surface area contributed by atoms with Crippen molar-refractivity contribution in [2.24, 2.45) is 28.5 Å². The number of fused-ring (bicyclic) bond motifs is 1. The molecule has 0 spiro atoms. The Morgan fingerprint density at radius 3 is 2.66 bits per heavy atom. The highest BCUT2D eigenvalue weighted by Gasteiger charge is 2.31. The molecule has 4 rings (SSSR count). The second-order valence-corrected chi connectivity index (χ2v) is 10.6. The van der Waals surface area contributed by atoms with Gasteiger partial charge in [0.15, 0.2) is 5.96 Å². The summed E-state index contributed by atoms with van der Waals surface area (Å²) in [5, 5.41) is 5.72. The van der Waals surface area contributed by atoms with Gasteiger partial charge in [-0.15, -0.1) is 0 Å². The number of benzene rings is 2. The normalized spacial score (nSPS) is 23.5. The summed E-state index contributed by atoms with van der Waals surface area (Å²) in [7, 11) is 0. The molecule has 0 saturated carbocycles. The number of aryl methyl sites for hydroxylation is 1. The zero-order valence-corrected chi connectivity index (χ0v) is 21.5. The van der Waals surface area contributed by atoms with Crippen molar-refractivity contribution in [1.29, 1.82) is 0 Å². The van der Waals surface area contributed by atoms with Crippen molar-refractivity contribution in [2.45, 2.75) is 52.5 Å². The van der Waals surface area contributed by atoms with Crippen molar-refractivity contribution in [3.05, 3.63) is 70.8 Å². The van der Waals surface area contributed by atoms with E-state index >= 15 is 0 Å². The number of likely N-dealkylation sites (tertiary alicyclic amines) is 1. The minimum atomic E-state index is -0.265. The van der Waals surface area contributed by atoms with Gasteiger partial charge in [0.05, 0.1) is 0 Å². The zero-order chi connectivity index (χ0) is 24.8. The summed E-state index contributed by atoms with van der Waals surface area (Å²) >= 11 is 0. The van der Waals surface area contributed by atoms with Crippen LogP contribution >= 0.6 is 0 Å². The number of piperidine rings is 1. The van der Waals surface area contributed by atoms with Gasteiger partial charge in [0.25, 0.3) is 0 Å². The Morgan fingerprint density at radius 2 is 1.89 bits per heavy atom. The van der Waals surface area contributed by atoms with E-state index in [0.29, 0.717) is 36.8 Å². The quantitative estimate of drug-likeness (QED) is 0.427. The summed E-state index contributed by atoms with van der Waals surface area (Å²) in [5.41, 5.74) is 11.5. The summed E-state index contributed by atoms with van der Waals surface area (Å²) < 4.78 is 0. The predicted molar refractivity (Wildman–Crippen MR) is 143 cm³/mol. The first-order chi connectivity index (χ1) is 16.9. The third-order valence-corrected chi connectivity index (χ3v) is 7.98. The third kappa shape index (κ3) is 6.85. The van der Waals surface area contributed by atoms with Crippen LogP contribution < -0.4 is 16.4 Å². The SMILES string of the molecule is Cc1cccc(CN2CCC(CNC(=O)NC(N)=NCC3c4ccccc4CC(C)C3C)CC2)c1. The third-order valence-electron chi connectivity index (χ3n) is 7.98. The molecular formula is C29H41N5O. The van der Waals surface area contributed by atoms with E-state index in [1.807, 2.05) is 0 Å². The van der Waals surface area contributed by atoms with Gasteiger partial charge in [-0.25, -0.2) is 4.79 Å². The van der Waals surface area contributed by atoms with E-state index in [0.717, 1.165) is 38.9 Å². The Bertz CT molecular complexity index is 1030. The number of hydrogen-bond donors (Lipinski definition) is 3. The van der Waals surface area contributed by atoms with Crippen LogP contribution in [0, 0.1) is 24.7 Å². The van der Waals surface area contributed by atoms with Gasteiger partial charge in [0.1, 0.15) is 0 Å². The number of amides is 2. The maximum atomic E-state index is 12.4. The maximum Gasteiger partial charge on any atom is 0.321 e. The molecule has 0 radical (unpaired) electrons. The Hall–Kier alpha value is -2.86. The van der Waals surface area contributed by atoms with Gasteiger partial charge in [-0.3, -0.25) is 15.2 Å². The monoisotopic (exact) mass is 475 g/mol. The fourth-order valence-corrected chi connectivity index (χ4v) is 5.61. The van der Waals surface area contributed by atoms with E-state index in [4.69, 9.17) is 5.73 Å². The molecule has 3 atom stereocenters. The van der Waals surface area contributed by atoms with E-state index in [1.54, 1.807) is 0 Å². The summed E-state index contributed by atoms with van der Waals surface area (Å²) in [6.07, 6.45) is 3.29. The lowest BCUT2D eigenvalue weighted by Gasteiger charge is -2.35. The first kappa shape index (κ1) is 25.2. The van der Waals surface area contributed by atoms with Crippen LogP contribution in [-0.2, 0) is 13.0 Å². The van der Waals surface area contributed by atoms with Crippen molar-refractivity contribution < 1.29 is 4.79 Å². The number of nitrogens with one attached hydrogen (secondary N) is 2. The van der Waals surface area contributed by atoms with Gasteiger partial charge in [0.2, 0.25) is 0 Å². The lowest BCUT2D eigenvalue weighted by atomic mass is 9.70. The lowest BCUT2D eigenvalue weighted by Crippen LogP contribution is -2.46. The number of carbonyl (C=O) groups excluding carboxylic acids is 1. The van der Waals surface area contributed by atoms with Crippen LogP contribution in [0.15, 0.2) is 53.5 Å². The van der Waals surface area contributed by atoms with Crippen LogP contribution in [0.2, 0.25) is 0 Å². The molecule has 2 aromatic carbocycles. The van der Waals surface area contributed by atoms with Crippen LogP contribution in [0.1, 0.15) is 54.9 Å². The van der Waals surface area contributed by atoms with E-state index in [9.17, 15) is 4.79 Å². The number of carbonyl (C=O) groups is 1. The van der Waals surface area contributed by atoms with Crippen molar-refractivity contribution >= 4 is 12.0 Å². The summed E-state index contributed by atoms with van der Waals surface area (Å²) in [4.78, 5) is 19.4. The van der Waals surface area contributed by atoms with Gasteiger partial charge in [-0.1, -0.05) is 67.9 Å². The van der Waals surface area contributed by atoms with E-state index in [2.05, 4.69) is 89.8 Å². The molecule has 6 nitrogen and oxygen atoms in total. The highest BCUT2D eigenvalue weighted by molar-refractivity contribution is 5.95. The fraction of sp³-hybridized carbons (Fsp3) is 0.517. The molecule has 0 aromatic heterocycles. The van der Waals surface area contributed by atoms with Gasteiger partial charge >= 0.3 is 6.03 Å². The van der Waals surface area contributed by atoms with E-state index < -0.39 is 0 Å². The standard InChI is InChI=1S/C29H41N5O/c1-20-7-6-8-24(15-20)19-34-13-11-23(12-14-34)17-32-29(35)33-28(30)31-18-27-22(3)21(2)16-25-9-4-5-10-26(25)27/h4-10,15,21-23,27H,11-14,16-19H2,1-3H3,(H4,30,31,32,33,35). The Morgan fingerprint density at radius 1 is 1.11 bits per heavy atom. The smallest absolute Gasteiger partial charge is 0.321 e. The minimum Gasteiger partial charge on any atom is -0.370 e. The fourth-order valence-electron chi connectivity index (χ4n) is 5.61. The average molecular weight is 476 g/mol. The Kier molecular flexibility index (Phi) is 8.45. The van der Waals surface area contributed by atoms with Gasteiger partial charge in [-0.05, 0) is 73.7 Å². The second-order valence-electron chi connectivity index (χ2n) is 10.6. The van der Waals surface area contributed by atoms with Crippen LogP contribution in [0.5, 0.6) is 0 Å². The maximum absolute atomic E-state index is 12.4. The topological polar surface area (TPSA) is 82.8 Å². The van der Waals surface area contributed by atoms with Gasteiger partial charge < -0.3 is 11.1 Å². The lowest BCUT2D eigenvalue weighted by molar-refractivity contribution is 0.175. The summed E-state index contributed by atoms with van der Waals surface area (Å²) in [6, 6.07) is 17.1. The molecule has 2 aromatic rings. The largest absolute Gasteiger partial charge is 0.370 e. The predicted octanol–water partition coefficient (Wildman–Crippen LogP) is 4.43. The van der Waals surface area contributed by atoms with Gasteiger partial charge in [0, 0.05) is 25.6 Å². The van der Waals surface area contributed by atoms with Crippen molar-refractivity contribution in [3.8, 4) is 0 Å². The number of aliphatic imine (C=N–C) groups is 1. The van der Waals surface area contributed by atoms with Crippen LogP contribution in [0.4, 0.5) is 4.79 Å². The van der Waals surface area contributed by atoms with Crippen molar-refractivity contribution in [2.75, 3.05) is 26.2 Å². The van der Waals surface area contributed by atoms with E-state index in [1.165, 1.54) is 22.3 Å². The molecule has 1 saturated heterocycles. The Balaban J connectivity index is 1.19. The molecule has 2 aliphatic rings. The number of nitrogens with two attached hydrogens (primary N) is 1. The second kappa shape index (κ2) is 11.7. The van der Waals surface area contributed by atoms with Crippen molar-refractivity contribution in [3.63, 3.8) is 0 Å². The van der Waals surface area contributed by atoms with Crippen LogP contribution in [-0.4, -0.2) is 43.1 Å². The molecule has 4 N–H and O–H groups in total. The molecular weight excluding hydrogens is 434 g/mol. The highest BCUT2D eigenvalue weighted by Crippen LogP contribution is 2.39. The molecule has 188 valence electrons. The first-order valence-electron chi connectivity index (χ1n) is 13.1. The highest BCUT2D eigenvalue weighted by atomic mass is 16.2. The molecule has 1 aliphatic carbocycles. The number of nitrogens with zero attached hydrogens (tertiary/aromatic N) is 2.